The van der Waals surface area contributed by atoms with Gasteiger partial charge in [-0.3, -0.25) is 4.79 Å². The maximum Gasteiger partial charge on any atom is 0.264 e. The first-order valence-electron chi connectivity index (χ1n) is 6.31. The van der Waals surface area contributed by atoms with Gasteiger partial charge in [-0.15, -0.1) is 23.7 Å². The Kier molecular flexibility index (Phi) is 6.62. The van der Waals surface area contributed by atoms with Gasteiger partial charge >= 0.3 is 0 Å². The van der Waals surface area contributed by atoms with Gasteiger partial charge in [-0.1, -0.05) is 0 Å². The minimum Gasteiger partial charge on any atom is -0.496 e. The highest BCUT2D eigenvalue weighted by Gasteiger charge is 2.24. The zero-order valence-electron chi connectivity index (χ0n) is 11.3. The Labute approximate surface area is 124 Å². The zero-order valence-corrected chi connectivity index (χ0v) is 13.0. The number of ether oxygens (including phenoxy) is 1. The summed E-state index contributed by atoms with van der Waals surface area (Å²) in [6.07, 6.45) is 2.18. The number of nitrogens with one attached hydrogen (secondary N) is 1. The first-order valence-corrected chi connectivity index (χ1v) is 7.19. The van der Waals surface area contributed by atoms with E-state index in [4.69, 9.17) is 4.74 Å². The molecule has 0 unspecified atom stereocenters. The Morgan fingerprint density at radius 1 is 1.53 bits per heavy atom. The topological polar surface area (TPSA) is 41.6 Å². The number of carbonyl (C=O) groups excluding carboxylic acids is 1. The average molecular weight is 305 g/mol. The number of likely N-dealkylation sites (tertiary alicyclic amines) is 1. The normalized spacial score (nSPS) is 16.0. The number of amides is 1. The lowest BCUT2D eigenvalue weighted by Gasteiger charge is -2.31. The van der Waals surface area contributed by atoms with Crippen molar-refractivity contribution in [3.63, 3.8) is 0 Å². The second-order valence-electron chi connectivity index (χ2n) is 4.64. The molecule has 1 aromatic rings. The van der Waals surface area contributed by atoms with E-state index in [1.54, 1.807) is 7.11 Å². The molecule has 1 aromatic heterocycles. The van der Waals surface area contributed by atoms with Crippen LogP contribution in [0.3, 0.4) is 0 Å². The highest BCUT2D eigenvalue weighted by molar-refractivity contribution is 7.12. The van der Waals surface area contributed by atoms with Gasteiger partial charge in [0.25, 0.3) is 5.91 Å². The van der Waals surface area contributed by atoms with Crippen molar-refractivity contribution in [1.82, 2.24) is 10.2 Å². The maximum atomic E-state index is 12.3. The third-order valence-electron chi connectivity index (χ3n) is 3.42. The Hall–Kier alpha value is -0.780. The lowest BCUT2D eigenvalue weighted by atomic mass is 9.97. The maximum absolute atomic E-state index is 12.3. The number of nitrogens with zero attached hydrogens (tertiary/aromatic N) is 1. The van der Waals surface area contributed by atoms with E-state index >= 15 is 0 Å². The van der Waals surface area contributed by atoms with E-state index in [0.717, 1.165) is 43.1 Å². The monoisotopic (exact) mass is 304 g/mol. The van der Waals surface area contributed by atoms with E-state index in [1.165, 1.54) is 11.3 Å². The molecule has 1 aliphatic rings. The van der Waals surface area contributed by atoms with E-state index in [9.17, 15) is 4.79 Å². The third kappa shape index (κ3) is 4.09. The molecular formula is C13H21ClN2O2S. The van der Waals surface area contributed by atoms with Crippen LogP contribution in [0.15, 0.2) is 11.4 Å². The summed E-state index contributed by atoms with van der Waals surface area (Å²) in [4.78, 5) is 15.0. The molecule has 6 heteroatoms. The molecule has 1 saturated heterocycles. The summed E-state index contributed by atoms with van der Waals surface area (Å²) in [6.45, 7) is 2.78. The van der Waals surface area contributed by atoms with Crippen molar-refractivity contribution in [2.75, 3.05) is 33.8 Å². The van der Waals surface area contributed by atoms with Crippen molar-refractivity contribution in [2.24, 2.45) is 5.92 Å². The number of hydrogen-bond donors (Lipinski definition) is 1. The van der Waals surface area contributed by atoms with Crippen LogP contribution in [-0.4, -0.2) is 44.6 Å². The molecule has 19 heavy (non-hydrogen) atoms. The molecule has 1 N–H and O–H groups in total. The Morgan fingerprint density at radius 2 is 2.21 bits per heavy atom. The van der Waals surface area contributed by atoms with Crippen molar-refractivity contribution < 1.29 is 9.53 Å². The van der Waals surface area contributed by atoms with E-state index in [1.807, 2.05) is 23.4 Å². The van der Waals surface area contributed by atoms with E-state index < -0.39 is 0 Å². The molecule has 0 atom stereocenters. The van der Waals surface area contributed by atoms with Crippen molar-refractivity contribution in [3.8, 4) is 5.75 Å². The molecule has 0 bridgehead atoms. The van der Waals surface area contributed by atoms with Gasteiger partial charge in [-0.2, -0.15) is 0 Å². The first-order chi connectivity index (χ1) is 8.74. The molecule has 0 spiro atoms. The fraction of sp³-hybridized carbons (Fsp3) is 0.615. The molecule has 0 aliphatic carbocycles. The second kappa shape index (κ2) is 7.72. The minimum atomic E-state index is 0. The van der Waals surface area contributed by atoms with Crippen molar-refractivity contribution in [1.29, 1.82) is 0 Å². The predicted octanol–water partition coefficient (Wildman–Crippen LogP) is 2.25. The highest BCUT2D eigenvalue weighted by Crippen LogP contribution is 2.24. The van der Waals surface area contributed by atoms with Crippen LogP contribution < -0.4 is 10.1 Å². The van der Waals surface area contributed by atoms with Gasteiger partial charge in [0, 0.05) is 24.5 Å². The van der Waals surface area contributed by atoms with Gasteiger partial charge < -0.3 is 15.0 Å². The number of halogens is 1. The van der Waals surface area contributed by atoms with Crippen molar-refractivity contribution in [3.05, 3.63) is 16.3 Å². The second-order valence-corrected chi connectivity index (χ2v) is 5.56. The Bertz CT molecular complexity index is 403. The van der Waals surface area contributed by atoms with Crippen LogP contribution >= 0.6 is 23.7 Å². The van der Waals surface area contributed by atoms with Gasteiger partial charge in [0.15, 0.2) is 0 Å². The lowest BCUT2D eigenvalue weighted by Crippen LogP contribution is -2.40. The van der Waals surface area contributed by atoms with Gasteiger partial charge in [0.05, 0.1) is 12.0 Å². The minimum absolute atomic E-state index is 0. The standard InChI is InChI=1S/C13H20N2O2S.ClH/c1-14-8-10-3-5-15(6-4-10)13(16)12-7-11(17-2)9-18-12;/h7,9-10,14H,3-6,8H2,1-2H3;1H. The highest BCUT2D eigenvalue weighted by atomic mass is 35.5. The van der Waals surface area contributed by atoms with E-state index in [-0.39, 0.29) is 18.3 Å². The first kappa shape index (κ1) is 16.3. The fourth-order valence-corrected chi connectivity index (χ4v) is 3.14. The summed E-state index contributed by atoms with van der Waals surface area (Å²) in [7, 11) is 3.61. The molecule has 4 nitrogen and oxygen atoms in total. The smallest absolute Gasteiger partial charge is 0.264 e. The quantitative estimate of drug-likeness (QED) is 0.927. The SMILES string of the molecule is CNCC1CCN(C(=O)c2cc(OC)cs2)CC1.Cl. The molecule has 0 radical (unpaired) electrons. The van der Waals surface area contributed by atoms with Crippen LogP contribution in [0.5, 0.6) is 5.75 Å². The number of methoxy groups -OCH3 is 1. The largest absolute Gasteiger partial charge is 0.496 e. The molecule has 1 amide bonds. The Balaban J connectivity index is 0.00000180. The number of rotatable bonds is 4. The molecule has 1 aliphatic heterocycles. The van der Waals surface area contributed by atoms with E-state index in [0.29, 0.717) is 5.92 Å². The van der Waals surface area contributed by atoms with E-state index in [2.05, 4.69) is 5.32 Å². The third-order valence-corrected chi connectivity index (χ3v) is 4.31. The van der Waals surface area contributed by atoms with Crippen LogP contribution in [0, 0.1) is 5.92 Å². The zero-order chi connectivity index (χ0) is 13.0. The van der Waals surface area contributed by atoms with Crippen LogP contribution in [0.2, 0.25) is 0 Å². The fourth-order valence-electron chi connectivity index (χ4n) is 2.32. The van der Waals surface area contributed by atoms with Gasteiger partial charge in [0.1, 0.15) is 5.75 Å². The summed E-state index contributed by atoms with van der Waals surface area (Å²) in [6, 6.07) is 1.83. The van der Waals surface area contributed by atoms with Crippen LogP contribution in [-0.2, 0) is 0 Å². The van der Waals surface area contributed by atoms with Gasteiger partial charge in [-0.25, -0.2) is 0 Å². The average Bonchev–Trinajstić information content (AvgIpc) is 2.88. The molecule has 2 rings (SSSR count). The van der Waals surface area contributed by atoms with Crippen molar-refractivity contribution in [2.45, 2.75) is 12.8 Å². The Morgan fingerprint density at radius 3 is 2.74 bits per heavy atom. The summed E-state index contributed by atoms with van der Waals surface area (Å²) >= 11 is 1.46. The van der Waals surface area contributed by atoms with Gasteiger partial charge in [0.2, 0.25) is 0 Å². The molecule has 0 aromatic carbocycles. The molecule has 108 valence electrons. The van der Waals surface area contributed by atoms with Crippen LogP contribution in [0.4, 0.5) is 0 Å². The van der Waals surface area contributed by atoms with Crippen molar-refractivity contribution >= 4 is 29.7 Å². The van der Waals surface area contributed by atoms with Crippen LogP contribution in [0.1, 0.15) is 22.5 Å². The number of carbonyl (C=O) groups is 1. The molecule has 0 saturated carbocycles. The predicted molar refractivity (Wildman–Crippen MR) is 80.7 cm³/mol. The van der Waals surface area contributed by atoms with Gasteiger partial charge in [-0.05, 0) is 32.4 Å². The number of piperidine rings is 1. The lowest BCUT2D eigenvalue weighted by molar-refractivity contribution is 0.0695. The molecule has 2 heterocycles. The number of hydrogen-bond acceptors (Lipinski definition) is 4. The molecular weight excluding hydrogens is 284 g/mol. The summed E-state index contributed by atoms with van der Waals surface area (Å²) in [5, 5.41) is 5.08. The molecule has 1 fully saturated rings. The summed E-state index contributed by atoms with van der Waals surface area (Å²) < 4.78 is 5.11. The summed E-state index contributed by atoms with van der Waals surface area (Å²) in [5.41, 5.74) is 0. The van der Waals surface area contributed by atoms with Crippen LogP contribution in [0.25, 0.3) is 0 Å². The summed E-state index contributed by atoms with van der Waals surface area (Å²) in [5.74, 6) is 1.62. The number of thiophene rings is 1.